The lowest BCUT2D eigenvalue weighted by Gasteiger charge is -2.23. The Morgan fingerprint density at radius 3 is 2.52 bits per heavy atom. The summed E-state index contributed by atoms with van der Waals surface area (Å²) < 4.78 is 137. The molecule has 4 aromatic heterocycles. The number of hydrogen-bond donors (Lipinski definition) is 3. The van der Waals surface area contributed by atoms with Crippen molar-refractivity contribution in [3.8, 4) is 11.1 Å². The second-order valence-electron chi connectivity index (χ2n) is 14.2. The Morgan fingerprint density at radius 2 is 1.83 bits per heavy atom. The first-order valence-corrected chi connectivity index (χ1v) is 20.3. The third-order valence-corrected chi connectivity index (χ3v) is 11.5. The van der Waals surface area contributed by atoms with E-state index in [4.69, 9.17) is 9.72 Å². The Balaban J connectivity index is 1.27. The quantitative estimate of drug-likeness (QED) is 0.0875. The first-order valence-electron chi connectivity index (χ1n) is 17.6. The second-order valence-corrected chi connectivity index (χ2v) is 16.9. The maximum absolute atomic E-state index is 15.4. The van der Waals surface area contributed by atoms with E-state index in [1.165, 1.54) is 23.1 Å². The average Bonchev–Trinajstić information content (AvgIpc) is 3.40. The Kier molecular flexibility index (Phi) is 9.65. The lowest BCUT2D eigenvalue weighted by atomic mass is 9.94. The van der Waals surface area contributed by atoms with Gasteiger partial charge in [0, 0.05) is 54.8 Å². The molecule has 0 aliphatic heterocycles. The van der Waals surface area contributed by atoms with Crippen molar-refractivity contribution in [3.63, 3.8) is 0 Å². The number of halogens is 7. The molecule has 0 bridgehead atoms. The van der Waals surface area contributed by atoms with Crippen molar-refractivity contribution >= 4 is 59.5 Å². The van der Waals surface area contributed by atoms with Gasteiger partial charge in [-0.3, -0.25) is 18.9 Å². The van der Waals surface area contributed by atoms with Gasteiger partial charge in [-0.25, -0.2) is 27.2 Å². The van der Waals surface area contributed by atoms with E-state index < -0.39 is 81.0 Å². The molecule has 0 saturated heterocycles. The van der Waals surface area contributed by atoms with Crippen LogP contribution >= 0.6 is 11.3 Å². The molecular formula is C36H32F7N9O4S2. The van der Waals surface area contributed by atoms with Gasteiger partial charge in [0.25, 0.3) is 5.92 Å². The zero-order chi connectivity index (χ0) is 41.5. The number of hydrogen-bond acceptors (Lipinski definition) is 10. The van der Waals surface area contributed by atoms with Crippen LogP contribution in [-0.4, -0.2) is 70.4 Å². The smallest absolute Gasteiger partial charge is 0.383 e. The maximum Gasteiger partial charge on any atom is 0.435 e. The average molecular weight is 852 g/mol. The molecule has 2 aromatic carbocycles. The van der Waals surface area contributed by atoms with Crippen LogP contribution in [-0.2, 0) is 51.7 Å². The normalized spacial score (nSPS) is 17.7. The van der Waals surface area contributed by atoms with Gasteiger partial charge in [-0.1, -0.05) is 23.5 Å². The molecule has 0 spiro atoms. The summed E-state index contributed by atoms with van der Waals surface area (Å²) in [6.07, 6.45) is -4.59. The number of aromatic nitrogens is 6. The van der Waals surface area contributed by atoms with Gasteiger partial charge in [-0.15, -0.1) is 0 Å². The number of amides is 1. The lowest BCUT2D eigenvalue weighted by molar-refractivity contribution is -0.142. The number of pyridine rings is 1. The molecule has 306 valence electrons. The molecule has 1 fully saturated rings. The van der Waals surface area contributed by atoms with Gasteiger partial charge in [0.2, 0.25) is 15.9 Å². The molecule has 3 atom stereocenters. The SMILES string of the molecule is COCCNc1nc2nc([C@H](Cc3cc(F)cc(F)c3)NC(=O)Cn3nc(C(F)(F)F)c4c3C(F)(F)C3C[C@H]43)c(-c3cccc4c(NS(C)(=O)=O)nn(C)c34)cc2s1. The second kappa shape index (κ2) is 14.2. The van der Waals surface area contributed by atoms with Crippen LogP contribution < -0.4 is 15.4 Å². The van der Waals surface area contributed by atoms with E-state index in [2.05, 4.69) is 30.5 Å². The third kappa shape index (κ3) is 7.31. The van der Waals surface area contributed by atoms with Crippen molar-refractivity contribution < 1.29 is 48.7 Å². The number of nitrogens with one attached hydrogen (secondary N) is 3. The standard InChI is InChI=1S/C36H32F7N9O4S2/c1-51-29-19(5-4-6-20(29)32(49-51)50-58(3,54)55)21-14-25-33(47-34(57-25)44-7-8-56-2)46-28(21)24(11-16-9-17(37)12-18(38)10-16)45-26(53)15-52-31-27(30(48-52)36(41,42)43)22-13-23(22)35(31,39)40/h4-6,9-10,12,14,22-24H,7-8,11,13,15H2,1-3H3,(H,45,53)(H,49,50)(H,44,46,47)/t22-,23?,24-/m0/s1. The largest absolute Gasteiger partial charge is 0.435 e. The van der Waals surface area contributed by atoms with Crippen molar-refractivity contribution in [2.75, 3.05) is 36.6 Å². The molecule has 8 rings (SSSR count). The van der Waals surface area contributed by atoms with Gasteiger partial charge in [-0.2, -0.15) is 32.1 Å². The van der Waals surface area contributed by atoms with E-state index in [0.717, 1.165) is 18.4 Å². The van der Waals surface area contributed by atoms with Crippen LogP contribution in [0.3, 0.4) is 0 Å². The number of methoxy groups -OCH3 is 1. The van der Waals surface area contributed by atoms with E-state index in [0.29, 0.717) is 55.8 Å². The van der Waals surface area contributed by atoms with Crippen LogP contribution in [0.25, 0.3) is 32.4 Å². The molecule has 4 heterocycles. The molecule has 2 aliphatic carbocycles. The molecule has 1 amide bonds. The lowest BCUT2D eigenvalue weighted by Crippen LogP contribution is -2.35. The molecule has 0 radical (unpaired) electrons. The van der Waals surface area contributed by atoms with E-state index in [1.54, 1.807) is 31.3 Å². The zero-order valence-electron chi connectivity index (χ0n) is 30.6. The van der Waals surface area contributed by atoms with Crippen molar-refractivity contribution in [2.24, 2.45) is 13.0 Å². The predicted molar refractivity (Wildman–Crippen MR) is 199 cm³/mol. The molecule has 6 aromatic rings. The van der Waals surface area contributed by atoms with Gasteiger partial charge in [0.05, 0.1) is 34.8 Å². The number of nitrogens with zero attached hydrogens (tertiary/aromatic N) is 6. The fraction of sp³-hybridized carbons (Fsp3) is 0.361. The van der Waals surface area contributed by atoms with Crippen molar-refractivity contribution in [1.29, 1.82) is 0 Å². The Morgan fingerprint density at radius 1 is 1.09 bits per heavy atom. The number of alkyl halides is 5. The topological polar surface area (TPSA) is 158 Å². The third-order valence-electron chi connectivity index (χ3n) is 9.95. The summed E-state index contributed by atoms with van der Waals surface area (Å²) in [5.74, 6) is -8.95. The molecular weight excluding hydrogens is 820 g/mol. The van der Waals surface area contributed by atoms with Crippen molar-refractivity contribution in [3.05, 3.63) is 82.3 Å². The number of fused-ring (bicyclic) bond motifs is 5. The molecule has 2 aliphatic rings. The number of para-hydroxylation sites is 1. The van der Waals surface area contributed by atoms with Crippen LogP contribution in [0.2, 0.25) is 0 Å². The molecule has 22 heteroatoms. The number of ether oxygens (including phenoxy) is 1. The zero-order valence-corrected chi connectivity index (χ0v) is 32.2. The Bertz CT molecular complexity index is 2710. The van der Waals surface area contributed by atoms with E-state index in [-0.39, 0.29) is 35.6 Å². The monoisotopic (exact) mass is 851 g/mol. The minimum absolute atomic E-state index is 0.0133. The highest BCUT2D eigenvalue weighted by molar-refractivity contribution is 7.92. The summed E-state index contributed by atoms with van der Waals surface area (Å²) in [4.78, 5) is 23.4. The molecule has 3 N–H and O–H groups in total. The number of carbonyl (C=O) groups is 1. The summed E-state index contributed by atoms with van der Waals surface area (Å²) in [6.45, 7) is -0.319. The van der Waals surface area contributed by atoms with Crippen molar-refractivity contribution in [1.82, 2.24) is 34.8 Å². The molecule has 58 heavy (non-hydrogen) atoms. The predicted octanol–water partition coefficient (Wildman–Crippen LogP) is 6.48. The maximum atomic E-state index is 15.4. The summed E-state index contributed by atoms with van der Waals surface area (Å²) in [5, 5.41) is 14.5. The highest BCUT2D eigenvalue weighted by atomic mass is 32.2. The van der Waals surface area contributed by atoms with Crippen LogP contribution in [0.1, 0.15) is 46.6 Å². The van der Waals surface area contributed by atoms with E-state index >= 15 is 8.78 Å². The van der Waals surface area contributed by atoms with Crippen LogP contribution in [0.15, 0.2) is 42.5 Å². The van der Waals surface area contributed by atoms with Crippen LogP contribution in [0, 0.1) is 17.6 Å². The fourth-order valence-electron chi connectivity index (χ4n) is 7.65. The molecule has 13 nitrogen and oxygen atoms in total. The number of benzene rings is 2. The number of sulfonamides is 1. The van der Waals surface area contributed by atoms with Gasteiger partial charge >= 0.3 is 6.18 Å². The minimum atomic E-state index is -5.06. The highest BCUT2D eigenvalue weighted by Gasteiger charge is 2.68. The van der Waals surface area contributed by atoms with Gasteiger partial charge < -0.3 is 15.4 Å². The number of anilines is 2. The highest BCUT2D eigenvalue weighted by Crippen LogP contribution is 2.68. The Hall–Kier alpha value is -5.35. The molecule has 1 saturated carbocycles. The van der Waals surface area contributed by atoms with E-state index in [1.807, 2.05) is 0 Å². The summed E-state index contributed by atoms with van der Waals surface area (Å²) >= 11 is 1.23. The van der Waals surface area contributed by atoms with Gasteiger partial charge in [0.15, 0.2) is 22.3 Å². The summed E-state index contributed by atoms with van der Waals surface area (Å²) in [6, 6.07) is 8.01. The number of aryl methyl sites for hydroxylation is 1. The van der Waals surface area contributed by atoms with Crippen molar-refractivity contribution in [2.45, 2.75) is 43.4 Å². The summed E-state index contributed by atoms with van der Waals surface area (Å²) in [5.41, 5.74) is -1.62. The molecule has 1 unspecified atom stereocenters. The summed E-state index contributed by atoms with van der Waals surface area (Å²) in [7, 11) is -0.679. The van der Waals surface area contributed by atoms with Crippen LogP contribution in [0.5, 0.6) is 0 Å². The number of rotatable bonds is 13. The van der Waals surface area contributed by atoms with Gasteiger partial charge in [-0.05, 0) is 48.6 Å². The van der Waals surface area contributed by atoms with E-state index in [9.17, 15) is 35.2 Å². The van der Waals surface area contributed by atoms with Crippen LogP contribution in [0.4, 0.5) is 41.7 Å². The first-order chi connectivity index (χ1) is 27.3. The fourth-order valence-corrected chi connectivity index (χ4v) is 9.03. The number of carbonyl (C=O) groups excluding carboxylic acids is 1. The Labute approximate surface area is 328 Å². The first kappa shape index (κ1) is 39.5. The van der Waals surface area contributed by atoms with Gasteiger partial charge in [0.1, 0.15) is 23.9 Å². The number of thiazole rings is 1. The minimum Gasteiger partial charge on any atom is -0.383 e.